The molecule has 3 nitrogen and oxygen atoms in total. The number of carboxylic acid groups (broad SMARTS) is 1. The summed E-state index contributed by atoms with van der Waals surface area (Å²) in [5.74, 6) is -0.984. The molecule has 0 aliphatic heterocycles. The molecule has 0 saturated heterocycles. The van der Waals surface area contributed by atoms with Crippen LogP contribution in [0.15, 0.2) is 24.3 Å². The smallest absolute Gasteiger partial charge is 0.307 e. The van der Waals surface area contributed by atoms with E-state index in [9.17, 15) is 9.90 Å². The molecular formula is C8H7O3. The van der Waals surface area contributed by atoms with Crippen LogP contribution in [0.2, 0.25) is 0 Å². The summed E-state index contributed by atoms with van der Waals surface area (Å²) in [5.41, 5.74) is 0.650. The normalized spacial score (nSPS) is 9.45. The lowest BCUT2D eigenvalue weighted by Crippen LogP contribution is -1.98. The third-order valence-corrected chi connectivity index (χ3v) is 1.28. The van der Waals surface area contributed by atoms with Crippen LogP contribution in [0.4, 0.5) is 0 Å². The second-order valence-electron chi connectivity index (χ2n) is 2.21. The SMILES string of the molecule is [O]c1ccc(CC(=O)O)cc1. The van der Waals surface area contributed by atoms with Gasteiger partial charge in [-0.1, -0.05) is 12.1 Å². The second kappa shape index (κ2) is 3.05. The number of hydrogen-bond acceptors (Lipinski definition) is 1. The highest BCUT2D eigenvalue weighted by molar-refractivity contribution is 5.70. The fourth-order valence-corrected chi connectivity index (χ4v) is 0.782. The maximum atomic E-state index is 10.6. The van der Waals surface area contributed by atoms with Crippen molar-refractivity contribution >= 4 is 5.97 Å². The van der Waals surface area contributed by atoms with Gasteiger partial charge < -0.3 is 5.11 Å². The van der Waals surface area contributed by atoms with Gasteiger partial charge in [-0.05, 0) is 17.7 Å². The fraction of sp³-hybridized carbons (Fsp3) is 0.125. The van der Waals surface area contributed by atoms with E-state index in [4.69, 9.17) is 5.11 Å². The first-order valence-corrected chi connectivity index (χ1v) is 3.16. The molecule has 0 aliphatic carbocycles. The topological polar surface area (TPSA) is 57.2 Å². The zero-order valence-electron chi connectivity index (χ0n) is 5.78. The maximum Gasteiger partial charge on any atom is 0.307 e. The van der Waals surface area contributed by atoms with Crippen molar-refractivity contribution in [3.8, 4) is 5.75 Å². The van der Waals surface area contributed by atoms with Crippen LogP contribution in [0.3, 0.4) is 0 Å². The average molecular weight is 151 g/mol. The highest BCUT2D eigenvalue weighted by Crippen LogP contribution is 2.10. The van der Waals surface area contributed by atoms with Gasteiger partial charge in [0.05, 0.1) is 6.42 Å². The van der Waals surface area contributed by atoms with Crippen LogP contribution in [0, 0.1) is 0 Å². The second-order valence-corrected chi connectivity index (χ2v) is 2.21. The minimum atomic E-state index is -0.886. The van der Waals surface area contributed by atoms with Crippen LogP contribution in [0.25, 0.3) is 0 Å². The first-order chi connectivity index (χ1) is 5.18. The van der Waals surface area contributed by atoms with E-state index >= 15 is 0 Å². The first-order valence-electron chi connectivity index (χ1n) is 3.16. The molecule has 0 saturated carbocycles. The van der Waals surface area contributed by atoms with E-state index in [1.807, 2.05) is 0 Å². The summed E-state index contributed by atoms with van der Waals surface area (Å²) in [7, 11) is 0. The highest BCUT2D eigenvalue weighted by atomic mass is 16.4. The van der Waals surface area contributed by atoms with Gasteiger partial charge in [0.15, 0.2) is 5.75 Å². The molecule has 1 radical (unpaired) electrons. The summed E-state index contributed by atoms with van der Waals surface area (Å²) >= 11 is 0. The van der Waals surface area contributed by atoms with Crippen molar-refractivity contribution in [3.05, 3.63) is 29.8 Å². The summed E-state index contributed by atoms with van der Waals surface area (Å²) in [5, 5.41) is 18.9. The Labute approximate surface area is 63.9 Å². The van der Waals surface area contributed by atoms with Crippen LogP contribution in [0.1, 0.15) is 5.56 Å². The van der Waals surface area contributed by atoms with Crippen molar-refractivity contribution < 1.29 is 15.0 Å². The molecule has 0 atom stereocenters. The lowest BCUT2D eigenvalue weighted by Gasteiger charge is -1.94. The van der Waals surface area contributed by atoms with Gasteiger partial charge in [0.25, 0.3) is 0 Å². The Hall–Kier alpha value is -1.51. The number of benzene rings is 1. The summed E-state index contributed by atoms with van der Waals surface area (Å²) in [6.07, 6.45) is -0.0275. The first kappa shape index (κ1) is 7.60. The quantitative estimate of drug-likeness (QED) is 0.695. The van der Waals surface area contributed by atoms with E-state index < -0.39 is 5.97 Å². The lowest BCUT2D eigenvalue weighted by atomic mass is 10.1. The Kier molecular flexibility index (Phi) is 2.11. The largest absolute Gasteiger partial charge is 0.481 e. The van der Waals surface area contributed by atoms with Crippen molar-refractivity contribution in [1.29, 1.82) is 0 Å². The zero-order chi connectivity index (χ0) is 8.27. The molecule has 0 bridgehead atoms. The molecule has 0 fully saturated rings. The fourth-order valence-electron chi connectivity index (χ4n) is 0.782. The van der Waals surface area contributed by atoms with Crippen molar-refractivity contribution in [1.82, 2.24) is 0 Å². The maximum absolute atomic E-state index is 10.6. The molecule has 57 valence electrons. The molecule has 0 unspecified atom stereocenters. The highest BCUT2D eigenvalue weighted by Gasteiger charge is 1.99. The van der Waals surface area contributed by atoms with Crippen LogP contribution in [0.5, 0.6) is 5.75 Å². The molecule has 0 spiro atoms. The van der Waals surface area contributed by atoms with Crippen LogP contribution in [-0.2, 0) is 16.3 Å². The van der Waals surface area contributed by atoms with Crippen molar-refractivity contribution in [2.24, 2.45) is 0 Å². The summed E-state index contributed by atoms with van der Waals surface area (Å²) in [4.78, 5) is 10.2. The number of hydrogen-bond donors (Lipinski definition) is 1. The monoisotopic (exact) mass is 151 g/mol. The van der Waals surface area contributed by atoms with E-state index in [-0.39, 0.29) is 12.2 Å². The van der Waals surface area contributed by atoms with E-state index in [1.165, 1.54) is 24.3 Å². The predicted octanol–water partition coefficient (Wildman–Crippen LogP) is 1.46. The molecule has 3 heteroatoms. The van der Waals surface area contributed by atoms with Crippen molar-refractivity contribution in [2.75, 3.05) is 0 Å². The number of carbonyl (C=O) groups is 1. The summed E-state index contributed by atoms with van der Waals surface area (Å²) in [6.45, 7) is 0. The number of aliphatic carboxylic acids is 1. The van der Waals surface area contributed by atoms with E-state index in [2.05, 4.69) is 0 Å². The Balaban J connectivity index is 2.74. The molecule has 0 aliphatic rings. The zero-order valence-corrected chi connectivity index (χ0v) is 5.78. The average Bonchev–Trinajstić information content (AvgIpc) is 1.93. The van der Waals surface area contributed by atoms with Gasteiger partial charge in [-0.25, -0.2) is 0 Å². The molecule has 1 aromatic rings. The predicted molar refractivity (Wildman–Crippen MR) is 37.9 cm³/mol. The molecule has 1 rings (SSSR count). The summed E-state index contributed by atoms with van der Waals surface area (Å²) < 4.78 is 0. The van der Waals surface area contributed by atoms with Gasteiger partial charge in [-0.15, -0.1) is 0 Å². The van der Waals surface area contributed by atoms with E-state index in [1.54, 1.807) is 0 Å². The Morgan fingerprint density at radius 1 is 1.27 bits per heavy atom. The van der Waals surface area contributed by atoms with Gasteiger partial charge in [-0.2, -0.15) is 0 Å². The van der Waals surface area contributed by atoms with E-state index in [0.717, 1.165) is 0 Å². The van der Waals surface area contributed by atoms with Gasteiger partial charge in [0, 0.05) is 0 Å². The minimum absolute atomic E-state index is 0.0275. The third kappa shape index (κ3) is 2.29. The number of rotatable bonds is 2. The molecule has 11 heavy (non-hydrogen) atoms. The Bertz CT molecular complexity index is 251. The molecule has 0 heterocycles. The third-order valence-electron chi connectivity index (χ3n) is 1.28. The lowest BCUT2D eigenvalue weighted by molar-refractivity contribution is -0.136. The van der Waals surface area contributed by atoms with E-state index in [0.29, 0.717) is 5.56 Å². The van der Waals surface area contributed by atoms with Crippen molar-refractivity contribution in [2.45, 2.75) is 6.42 Å². The molecule has 0 aromatic heterocycles. The molecule has 0 amide bonds. The van der Waals surface area contributed by atoms with Crippen molar-refractivity contribution in [3.63, 3.8) is 0 Å². The standard InChI is InChI=1S/C8H7O3/c9-7-3-1-6(2-4-7)5-8(10)11/h1-4H,5H2,(H,10,11). The van der Waals surface area contributed by atoms with Gasteiger partial charge >= 0.3 is 5.97 Å². The van der Waals surface area contributed by atoms with Gasteiger partial charge in [-0.3, -0.25) is 9.90 Å². The number of carboxylic acids is 1. The van der Waals surface area contributed by atoms with Gasteiger partial charge in [0.2, 0.25) is 0 Å². The Morgan fingerprint density at radius 3 is 2.27 bits per heavy atom. The Morgan fingerprint density at radius 2 is 1.82 bits per heavy atom. The summed E-state index contributed by atoms with van der Waals surface area (Å²) in [6, 6.07) is 5.77. The van der Waals surface area contributed by atoms with Crippen LogP contribution in [-0.4, -0.2) is 11.1 Å². The van der Waals surface area contributed by atoms with Gasteiger partial charge in [0.1, 0.15) is 0 Å². The van der Waals surface area contributed by atoms with Crippen LogP contribution >= 0.6 is 0 Å². The minimum Gasteiger partial charge on any atom is -0.481 e. The molecular weight excluding hydrogens is 144 g/mol. The molecule has 1 N–H and O–H groups in total. The van der Waals surface area contributed by atoms with Crippen LogP contribution < -0.4 is 0 Å². The molecule has 1 aromatic carbocycles.